The summed E-state index contributed by atoms with van der Waals surface area (Å²) in [5.41, 5.74) is 5.54. The highest BCUT2D eigenvalue weighted by molar-refractivity contribution is 5.76. The molecule has 1 fully saturated rings. The van der Waals surface area contributed by atoms with E-state index in [0.29, 0.717) is 26.1 Å². The van der Waals surface area contributed by atoms with E-state index < -0.39 is 0 Å². The lowest BCUT2D eigenvalue weighted by Crippen LogP contribution is -2.50. The minimum atomic E-state index is -0.208. The first-order chi connectivity index (χ1) is 8.26. The molecule has 0 bridgehead atoms. The fourth-order valence-electron chi connectivity index (χ4n) is 2.35. The molecule has 4 heteroatoms. The van der Waals surface area contributed by atoms with Crippen molar-refractivity contribution in [3.05, 3.63) is 0 Å². The third kappa shape index (κ3) is 4.94. The van der Waals surface area contributed by atoms with Gasteiger partial charge in [-0.15, -0.1) is 0 Å². The number of nitrogens with zero attached hydrogens (tertiary/aromatic N) is 1. The van der Waals surface area contributed by atoms with Gasteiger partial charge in [0.25, 0.3) is 0 Å². The van der Waals surface area contributed by atoms with Crippen molar-refractivity contribution < 1.29 is 9.53 Å². The number of carbonyl (C=O) groups is 1. The van der Waals surface area contributed by atoms with Gasteiger partial charge in [0.2, 0.25) is 5.91 Å². The molecule has 1 aliphatic rings. The standard InChI is InChI=1S/C14H28N2O2/c1-13(2,7-8-15)6-5-12(17)16-9-10-18-14(3,4)11-16/h5-11,15H2,1-4H3. The van der Waals surface area contributed by atoms with Crippen LogP contribution in [0.4, 0.5) is 0 Å². The summed E-state index contributed by atoms with van der Waals surface area (Å²) >= 11 is 0. The molecule has 0 aromatic carbocycles. The second-order valence-electron chi connectivity index (χ2n) is 6.63. The predicted molar refractivity (Wildman–Crippen MR) is 73.3 cm³/mol. The third-order valence-corrected chi connectivity index (χ3v) is 3.62. The van der Waals surface area contributed by atoms with E-state index in [1.807, 2.05) is 18.7 Å². The maximum absolute atomic E-state index is 12.2. The van der Waals surface area contributed by atoms with Gasteiger partial charge in [-0.1, -0.05) is 13.8 Å². The van der Waals surface area contributed by atoms with E-state index in [1.54, 1.807) is 0 Å². The maximum Gasteiger partial charge on any atom is 0.222 e. The Hall–Kier alpha value is -0.610. The number of hydrogen-bond donors (Lipinski definition) is 1. The molecule has 1 heterocycles. The molecule has 0 unspecified atom stereocenters. The van der Waals surface area contributed by atoms with Crippen molar-refractivity contribution in [1.29, 1.82) is 0 Å². The van der Waals surface area contributed by atoms with Crippen molar-refractivity contribution in [2.75, 3.05) is 26.2 Å². The zero-order valence-electron chi connectivity index (χ0n) is 12.3. The van der Waals surface area contributed by atoms with E-state index in [-0.39, 0.29) is 16.9 Å². The van der Waals surface area contributed by atoms with Crippen molar-refractivity contribution >= 4 is 5.91 Å². The molecule has 0 aromatic rings. The van der Waals surface area contributed by atoms with Crippen LogP contribution < -0.4 is 5.73 Å². The van der Waals surface area contributed by atoms with Crippen LogP contribution in [0, 0.1) is 5.41 Å². The molecule has 4 nitrogen and oxygen atoms in total. The Bertz CT molecular complexity index is 288. The summed E-state index contributed by atoms with van der Waals surface area (Å²) in [6.45, 7) is 11.2. The average molecular weight is 256 g/mol. The minimum Gasteiger partial charge on any atom is -0.372 e. The van der Waals surface area contributed by atoms with Crippen molar-refractivity contribution in [3.8, 4) is 0 Å². The van der Waals surface area contributed by atoms with Gasteiger partial charge in [-0.2, -0.15) is 0 Å². The fraction of sp³-hybridized carbons (Fsp3) is 0.929. The van der Waals surface area contributed by atoms with E-state index in [2.05, 4.69) is 13.8 Å². The summed E-state index contributed by atoms with van der Waals surface area (Å²) in [7, 11) is 0. The first kappa shape index (κ1) is 15.4. The van der Waals surface area contributed by atoms with Crippen LogP contribution >= 0.6 is 0 Å². The number of hydrogen-bond acceptors (Lipinski definition) is 3. The third-order valence-electron chi connectivity index (χ3n) is 3.62. The molecule has 1 rings (SSSR count). The first-order valence-electron chi connectivity index (χ1n) is 6.88. The van der Waals surface area contributed by atoms with Crippen LogP contribution in [0.1, 0.15) is 47.0 Å². The zero-order valence-corrected chi connectivity index (χ0v) is 12.3. The highest BCUT2D eigenvalue weighted by Crippen LogP contribution is 2.27. The van der Waals surface area contributed by atoms with Gasteiger partial charge < -0.3 is 15.4 Å². The summed E-state index contributed by atoms with van der Waals surface area (Å²) in [4.78, 5) is 14.1. The normalized spacial score (nSPS) is 19.9. The van der Waals surface area contributed by atoms with Gasteiger partial charge >= 0.3 is 0 Å². The van der Waals surface area contributed by atoms with Crippen molar-refractivity contribution in [2.45, 2.75) is 52.6 Å². The number of morpholine rings is 1. The highest BCUT2D eigenvalue weighted by atomic mass is 16.5. The smallest absolute Gasteiger partial charge is 0.222 e. The Morgan fingerprint density at radius 2 is 2.06 bits per heavy atom. The summed E-state index contributed by atoms with van der Waals surface area (Å²) < 4.78 is 5.62. The molecular weight excluding hydrogens is 228 g/mol. The fourth-order valence-corrected chi connectivity index (χ4v) is 2.35. The molecule has 0 atom stereocenters. The Labute approximate surface area is 111 Å². The SMILES string of the molecule is CC(C)(CCN)CCC(=O)N1CCOC(C)(C)C1. The van der Waals surface area contributed by atoms with Crippen LogP contribution in [-0.4, -0.2) is 42.6 Å². The van der Waals surface area contributed by atoms with Crippen molar-refractivity contribution in [3.63, 3.8) is 0 Å². The summed E-state index contributed by atoms with van der Waals surface area (Å²) in [5.74, 6) is 0.247. The van der Waals surface area contributed by atoms with Crippen LogP contribution in [0.15, 0.2) is 0 Å². The molecule has 0 spiro atoms. The van der Waals surface area contributed by atoms with Gasteiger partial charge in [0.05, 0.1) is 12.2 Å². The van der Waals surface area contributed by atoms with Crippen LogP contribution in [0.25, 0.3) is 0 Å². The average Bonchev–Trinajstić information content (AvgIpc) is 2.24. The number of ether oxygens (including phenoxy) is 1. The van der Waals surface area contributed by atoms with E-state index in [0.717, 1.165) is 19.4 Å². The zero-order chi connectivity index (χ0) is 13.8. The van der Waals surface area contributed by atoms with Gasteiger partial charge in [0.15, 0.2) is 0 Å². The quantitative estimate of drug-likeness (QED) is 0.815. The molecule has 0 aromatic heterocycles. The molecule has 0 saturated carbocycles. The van der Waals surface area contributed by atoms with E-state index in [4.69, 9.17) is 10.5 Å². The van der Waals surface area contributed by atoms with Crippen LogP contribution in [0.5, 0.6) is 0 Å². The van der Waals surface area contributed by atoms with E-state index in [1.165, 1.54) is 0 Å². The van der Waals surface area contributed by atoms with Gasteiger partial charge in [-0.3, -0.25) is 4.79 Å². The lowest BCUT2D eigenvalue weighted by Gasteiger charge is -2.38. The van der Waals surface area contributed by atoms with Gasteiger partial charge in [0.1, 0.15) is 0 Å². The van der Waals surface area contributed by atoms with Crippen LogP contribution in [0.2, 0.25) is 0 Å². The highest BCUT2D eigenvalue weighted by Gasteiger charge is 2.30. The molecule has 0 radical (unpaired) electrons. The van der Waals surface area contributed by atoms with Crippen LogP contribution in [0.3, 0.4) is 0 Å². The topological polar surface area (TPSA) is 55.6 Å². The maximum atomic E-state index is 12.2. The lowest BCUT2D eigenvalue weighted by molar-refractivity contribution is -0.146. The number of carbonyl (C=O) groups excluding carboxylic acids is 1. The Balaban J connectivity index is 2.41. The molecule has 18 heavy (non-hydrogen) atoms. The minimum absolute atomic E-state index is 0.159. The summed E-state index contributed by atoms with van der Waals surface area (Å²) in [5, 5.41) is 0. The molecule has 0 aliphatic carbocycles. The second kappa shape index (κ2) is 6.02. The lowest BCUT2D eigenvalue weighted by atomic mass is 9.84. The summed E-state index contributed by atoms with van der Waals surface area (Å²) in [6, 6.07) is 0. The summed E-state index contributed by atoms with van der Waals surface area (Å²) in [6.07, 6.45) is 2.48. The van der Waals surface area contributed by atoms with E-state index in [9.17, 15) is 4.79 Å². The van der Waals surface area contributed by atoms with Crippen LogP contribution in [-0.2, 0) is 9.53 Å². The Morgan fingerprint density at radius 1 is 1.39 bits per heavy atom. The Morgan fingerprint density at radius 3 is 2.61 bits per heavy atom. The number of amides is 1. The molecular formula is C14H28N2O2. The first-order valence-corrected chi connectivity index (χ1v) is 6.88. The monoisotopic (exact) mass is 256 g/mol. The molecule has 1 aliphatic heterocycles. The number of nitrogens with two attached hydrogens (primary N) is 1. The largest absolute Gasteiger partial charge is 0.372 e. The molecule has 2 N–H and O–H groups in total. The molecule has 1 amide bonds. The number of rotatable bonds is 5. The van der Waals surface area contributed by atoms with E-state index >= 15 is 0 Å². The Kier molecular flexibility index (Phi) is 5.17. The molecule has 1 saturated heterocycles. The second-order valence-corrected chi connectivity index (χ2v) is 6.63. The predicted octanol–water partition coefficient (Wildman–Crippen LogP) is 1.78. The molecule has 106 valence electrons. The van der Waals surface area contributed by atoms with Crippen molar-refractivity contribution in [2.24, 2.45) is 11.1 Å². The van der Waals surface area contributed by atoms with Gasteiger partial charge in [-0.05, 0) is 38.6 Å². The van der Waals surface area contributed by atoms with Gasteiger partial charge in [-0.25, -0.2) is 0 Å². The van der Waals surface area contributed by atoms with Crippen molar-refractivity contribution in [1.82, 2.24) is 4.90 Å². The van der Waals surface area contributed by atoms with Gasteiger partial charge in [0, 0.05) is 19.5 Å².